The van der Waals surface area contributed by atoms with Crippen LogP contribution in [0.3, 0.4) is 0 Å². The Morgan fingerprint density at radius 2 is 1.77 bits per heavy atom. The van der Waals surface area contributed by atoms with E-state index in [9.17, 15) is 18.0 Å². The SMILES string of the molecule is Cc1cc(C2=NOC(c3cc(Cl)cc(Cl)c3)(C(F)(F)F)C2)ccc1C(=O)NN(C)c1ncccn1. The van der Waals surface area contributed by atoms with E-state index in [1.54, 1.807) is 26.1 Å². The lowest BCUT2D eigenvalue weighted by molar-refractivity contribution is -0.275. The Kier molecular flexibility index (Phi) is 6.61. The van der Waals surface area contributed by atoms with Gasteiger partial charge in [0, 0.05) is 47.0 Å². The average Bonchev–Trinajstić information content (AvgIpc) is 3.26. The summed E-state index contributed by atoms with van der Waals surface area (Å²) >= 11 is 11.9. The number of aryl methyl sites for hydroxylation is 1. The number of anilines is 1. The first-order chi connectivity index (χ1) is 16.5. The predicted octanol–water partition coefficient (Wildman–Crippen LogP) is 5.46. The van der Waals surface area contributed by atoms with Gasteiger partial charge < -0.3 is 4.84 Å². The molecule has 1 aliphatic heterocycles. The van der Waals surface area contributed by atoms with Gasteiger partial charge in [-0.05, 0) is 54.4 Å². The minimum absolute atomic E-state index is 0.0465. The summed E-state index contributed by atoms with van der Waals surface area (Å²) in [5, 5.41) is 5.20. The van der Waals surface area contributed by atoms with Crippen LogP contribution in [0.15, 0.2) is 60.0 Å². The Bertz CT molecular complexity index is 1280. The van der Waals surface area contributed by atoms with Crippen LogP contribution in [0.1, 0.15) is 33.5 Å². The molecule has 182 valence electrons. The van der Waals surface area contributed by atoms with E-state index in [4.69, 9.17) is 28.0 Å². The smallest absolute Gasteiger partial charge is 0.374 e. The Hall–Kier alpha value is -3.37. The summed E-state index contributed by atoms with van der Waals surface area (Å²) in [6.45, 7) is 1.67. The molecule has 1 unspecified atom stereocenters. The molecule has 0 aliphatic carbocycles. The van der Waals surface area contributed by atoms with E-state index in [0.29, 0.717) is 16.7 Å². The number of hydrogen-bond donors (Lipinski definition) is 1. The monoisotopic (exact) mass is 523 g/mol. The molecule has 1 N–H and O–H groups in total. The lowest BCUT2D eigenvalue weighted by Crippen LogP contribution is -2.42. The van der Waals surface area contributed by atoms with Gasteiger partial charge in [0.25, 0.3) is 11.5 Å². The van der Waals surface area contributed by atoms with E-state index in [1.165, 1.54) is 35.6 Å². The van der Waals surface area contributed by atoms with Crippen molar-refractivity contribution >= 4 is 40.8 Å². The van der Waals surface area contributed by atoms with Gasteiger partial charge in [0.1, 0.15) is 0 Å². The van der Waals surface area contributed by atoms with Crippen LogP contribution in [0, 0.1) is 6.92 Å². The number of benzene rings is 2. The molecule has 3 aromatic rings. The molecule has 35 heavy (non-hydrogen) atoms. The summed E-state index contributed by atoms with van der Waals surface area (Å²) in [7, 11) is 1.58. The minimum atomic E-state index is -4.80. The van der Waals surface area contributed by atoms with E-state index < -0.39 is 24.1 Å². The summed E-state index contributed by atoms with van der Waals surface area (Å²) in [4.78, 5) is 25.9. The Labute approximate surface area is 208 Å². The van der Waals surface area contributed by atoms with Crippen molar-refractivity contribution in [2.24, 2.45) is 5.16 Å². The van der Waals surface area contributed by atoms with Crippen LogP contribution >= 0.6 is 23.2 Å². The second-order valence-corrected chi connectivity index (χ2v) is 8.74. The average molecular weight is 524 g/mol. The number of nitrogens with zero attached hydrogens (tertiary/aromatic N) is 4. The number of carbonyl (C=O) groups is 1. The predicted molar refractivity (Wildman–Crippen MR) is 126 cm³/mol. The largest absolute Gasteiger partial charge is 0.435 e. The fraction of sp³-hybridized carbons (Fsp3) is 0.217. The number of hydrazine groups is 1. The fourth-order valence-corrected chi connectivity index (χ4v) is 4.20. The molecule has 1 aliphatic rings. The van der Waals surface area contributed by atoms with Gasteiger partial charge in [0.2, 0.25) is 5.95 Å². The van der Waals surface area contributed by atoms with Gasteiger partial charge in [0.15, 0.2) is 0 Å². The lowest BCUT2D eigenvalue weighted by Gasteiger charge is -2.29. The number of aromatic nitrogens is 2. The number of nitrogens with one attached hydrogen (secondary N) is 1. The molecule has 2 aromatic carbocycles. The summed E-state index contributed by atoms with van der Waals surface area (Å²) in [5.74, 6) is -0.149. The number of hydrogen-bond acceptors (Lipinski definition) is 6. The molecule has 0 saturated heterocycles. The normalized spacial score (nSPS) is 17.5. The standard InChI is InChI=1S/C23H18Cl2F3N5O2/c1-13-8-14(4-5-18(13)20(34)31-33(2)21-29-6-3-7-30-21)19-12-22(35-32-19,23(26,27)28)15-9-16(24)11-17(25)10-15/h3-11H,12H2,1-2H3,(H,31,34). The third-order valence-electron chi connectivity index (χ3n) is 5.44. The summed E-state index contributed by atoms with van der Waals surface area (Å²) in [5.41, 5.74) is 0.968. The third kappa shape index (κ3) is 4.89. The Balaban J connectivity index is 1.57. The topological polar surface area (TPSA) is 79.7 Å². The van der Waals surface area contributed by atoms with Crippen molar-refractivity contribution in [2.75, 3.05) is 12.1 Å². The third-order valence-corrected chi connectivity index (χ3v) is 5.88. The van der Waals surface area contributed by atoms with Crippen LogP contribution < -0.4 is 10.4 Å². The number of carbonyl (C=O) groups excluding carboxylic acids is 1. The fourth-order valence-electron chi connectivity index (χ4n) is 3.67. The van der Waals surface area contributed by atoms with Crippen molar-refractivity contribution in [3.8, 4) is 0 Å². The van der Waals surface area contributed by atoms with Crippen molar-refractivity contribution in [2.45, 2.75) is 25.1 Å². The highest BCUT2D eigenvalue weighted by atomic mass is 35.5. The van der Waals surface area contributed by atoms with Gasteiger partial charge in [0.05, 0.1) is 5.71 Å². The van der Waals surface area contributed by atoms with Crippen LogP contribution in [-0.2, 0) is 10.4 Å². The number of halogens is 5. The summed E-state index contributed by atoms with van der Waals surface area (Å²) < 4.78 is 42.6. The van der Waals surface area contributed by atoms with E-state index in [0.717, 1.165) is 12.1 Å². The van der Waals surface area contributed by atoms with E-state index in [1.807, 2.05) is 0 Å². The highest BCUT2D eigenvalue weighted by Gasteiger charge is 2.62. The van der Waals surface area contributed by atoms with E-state index in [2.05, 4.69) is 20.5 Å². The molecular weight excluding hydrogens is 506 g/mol. The second-order valence-electron chi connectivity index (χ2n) is 7.87. The molecule has 0 spiro atoms. The Morgan fingerprint density at radius 1 is 1.11 bits per heavy atom. The van der Waals surface area contributed by atoms with Crippen LogP contribution in [0.25, 0.3) is 0 Å². The van der Waals surface area contributed by atoms with Crippen molar-refractivity contribution in [1.82, 2.24) is 15.4 Å². The van der Waals surface area contributed by atoms with Crippen molar-refractivity contribution in [3.05, 3.63) is 87.2 Å². The van der Waals surface area contributed by atoms with Gasteiger partial charge in [-0.15, -0.1) is 0 Å². The van der Waals surface area contributed by atoms with Crippen LogP contribution in [-0.4, -0.2) is 34.8 Å². The highest BCUT2D eigenvalue weighted by Crippen LogP contribution is 2.49. The zero-order valence-corrected chi connectivity index (χ0v) is 19.9. The molecule has 0 radical (unpaired) electrons. The van der Waals surface area contributed by atoms with Gasteiger partial charge >= 0.3 is 6.18 Å². The van der Waals surface area contributed by atoms with Crippen molar-refractivity contribution in [1.29, 1.82) is 0 Å². The zero-order chi connectivity index (χ0) is 25.4. The lowest BCUT2D eigenvalue weighted by atomic mass is 9.86. The first kappa shape index (κ1) is 24.7. The van der Waals surface area contributed by atoms with Gasteiger partial charge in [-0.2, -0.15) is 13.2 Å². The summed E-state index contributed by atoms with van der Waals surface area (Å²) in [6, 6.07) is 9.89. The number of amides is 1. The second kappa shape index (κ2) is 9.35. The maximum Gasteiger partial charge on any atom is 0.435 e. The first-order valence-electron chi connectivity index (χ1n) is 10.2. The first-order valence-corrected chi connectivity index (χ1v) is 11.0. The molecule has 0 bridgehead atoms. The quantitative estimate of drug-likeness (QED) is 0.449. The van der Waals surface area contributed by atoms with Gasteiger partial charge in [-0.3, -0.25) is 15.2 Å². The molecule has 1 aromatic heterocycles. The summed E-state index contributed by atoms with van der Waals surface area (Å²) in [6.07, 6.45) is -2.32. The molecule has 1 amide bonds. The van der Waals surface area contributed by atoms with Crippen molar-refractivity contribution in [3.63, 3.8) is 0 Å². The van der Waals surface area contributed by atoms with Gasteiger partial charge in [-0.25, -0.2) is 9.97 Å². The number of alkyl halides is 3. The van der Waals surface area contributed by atoms with Crippen LogP contribution in [0.4, 0.5) is 19.1 Å². The highest BCUT2D eigenvalue weighted by molar-refractivity contribution is 6.34. The molecule has 7 nitrogen and oxygen atoms in total. The molecule has 1 atom stereocenters. The number of rotatable bonds is 5. The van der Waals surface area contributed by atoms with Crippen LogP contribution in [0.2, 0.25) is 10.0 Å². The van der Waals surface area contributed by atoms with Crippen LogP contribution in [0.5, 0.6) is 0 Å². The molecule has 4 rings (SSSR count). The van der Waals surface area contributed by atoms with E-state index >= 15 is 0 Å². The minimum Gasteiger partial charge on any atom is -0.374 e. The van der Waals surface area contributed by atoms with E-state index in [-0.39, 0.29) is 27.3 Å². The zero-order valence-electron chi connectivity index (χ0n) is 18.4. The molecule has 0 saturated carbocycles. The number of oxime groups is 1. The molecule has 0 fully saturated rings. The molecular formula is C23H18Cl2F3N5O2. The van der Waals surface area contributed by atoms with Gasteiger partial charge in [-0.1, -0.05) is 34.4 Å². The maximum absolute atomic E-state index is 14.2. The molecule has 12 heteroatoms. The maximum atomic E-state index is 14.2. The molecule has 2 heterocycles. The van der Waals surface area contributed by atoms with Crippen molar-refractivity contribution < 1.29 is 22.8 Å². The Morgan fingerprint density at radius 3 is 2.37 bits per heavy atom.